The van der Waals surface area contributed by atoms with E-state index in [1.54, 1.807) is 17.3 Å². The number of aromatic nitrogens is 1. The number of amides is 1. The van der Waals surface area contributed by atoms with Crippen molar-refractivity contribution in [2.24, 2.45) is 0 Å². The quantitative estimate of drug-likeness (QED) is 0.794. The zero-order valence-corrected chi connectivity index (χ0v) is 9.17. The molecule has 1 amide bonds. The fourth-order valence-electron chi connectivity index (χ4n) is 1.97. The van der Waals surface area contributed by atoms with Crippen molar-refractivity contribution < 1.29 is 9.90 Å². The first-order valence-corrected chi connectivity index (χ1v) is 5.60. The van der Waals surface area contributed by atoms with Crippen molar-refractivity contribution in [2.45, 2.75) is 25.4 Å². The molecule has 0 spiro atoms. The lowest BCUT2D eigenvalue weighted by atomic mass is 10.1. The van der Waals surface area contributed by atoms with Crippen LogP contribution in [-0.4, -0.2) is 40.1 Å². The minimum absolute atomic E-state index is 0.0879. The first-order valence-electron chi connectivity index (χ1n) is 5.60. The molecule has 2 heterocycles. The molecular weight excluding hydrogens is 204 g/mol. The molecule has 16 heavy (non-hydrogen) atoms. The average Bonchev–Trinajstić information content (AvgIpc) is 2.30. The zero-order chi connectivity index (χ0) is 11.4. The van der Waals surface area contributed by atoms with E-state index in [0.29, 0.717) is 13.0 Å². The maximum atomic E-state index is 11.9. The fourth-order valence-corrected chi connectivity index (χ4v) is 1.97. The van der Waals surface area contributed by atoms with E-state index in [0.717, 1.165) is 24.9 Å². The van der Waals surface area contributed by atoms with Crippen molar-refractivity contribution in [1.82, 2.24) is 9.88 Å². The number of hydrogen-bond acceptors (Lipinski definition) is 3. The predicted molar refractivity (Wildman–Crippen MR) is 59.8 cm³/mol. The Labute approximate surface area is 94.9 Å². The summed E-state index contributed by atoms with van der Waals surface area (Å²) in [6, 6.07) is 3.69. The molecule has 0 aromatic carbocycles. The van der Waals surface area contributed by atoms with Gasteiger partial charge in [-0.15, -0.1) is 0 Å². The highest BCUT2D eigenvalue weighted by molar-refractivity contribution is 5.78. The van der Waals surface area contributed by atoms with Gasteiger partial charge in [-0.25, -0.2) is 0 Å². The van der Waals surface area contributed by atoms with Gasteiger partial charge in [0, 0.05) is 25.5 Å². The lowest BCUT2D eigenvalue weighted by Crippen LogP contribution is -2.42. The van der Waals surface area contributed by atoms with E-state index in [9.17, 15) is 9.90 Å². The molecule has 1 aromatic heterocycles. The molecule has 0 bridgehead atoms. The number of β-amino-alcohol motifs (C(OH)–C–C–N with tert-alkyl or cyclic N) is 1. The van der Waals surface area contributed by atoms with Crippen molar-refractivity contribution in [2.75, 3.05) is 13.1 Å². The highest BCUT2D eigenvalue weighted by Gasteiger charge is 2.21. The summed E-state index contributed by atoms with van der Waals surface area (Å²) >= 11 is 0. The number of aliphatic hydroxyl groups is 1. The minimum Gasteiger partial charge on any atom is -0.391 e. The standard InChI is InChI=1S/C12H16N2O2/c15-11-2-1-7-14(9-11)12(16)8-10-3-5-13-6-4-10/h3-6,11,15H,1-2,7-9H2. The second-order valence-electron chi connectivity index (χ2n) is 4.17. The molecule has 0 saturated carbocycles. The van der Waals surface area contributed by atoms with Gasteiger partial charge in [0.1, 0.15) is 0 Å². The van der Waals surface area contributed by atoms with Crippen LogP contribution in [0.5, 0.6) is 0 Å². The Morgan fingerprint density at radius 1 is 1.50 bits per heavy atom. The Morgan fingerprint density at radius 2 is 2.25 bits per heavy atom. The van der Waals surface area contributed by atoms with Crippen molar-refractivity contribution >= 4 is 5.91 Å². The molecule has 86 valence electrons. The fraction of sp³-hybridized carbons (Fsp3) is 0.500. The summed E-state index contributed by atoms with van der Waals surface area (Å²) in [6.07, 6.45) is 5.12. The summed E-state index contributed by atoms with van der Waals surface area (Å²) in [7, 11) is 0. The number of nitrogens with zero attached hydrogens (tertiary/aromatic N) is 2. The van der Waals surface area contributed by atoms with E-state index < -0.39 is 0 Å². The Kier molecular flexibility index (Phi) is 3.51. The van der Waals surface area contributed by atoms with Gasteiger partial charge in [-0.05, 0) is 30.5 Å². The van der Waals surface area contributed by atoms with Crippen LogP contribution in [0.15, 0.2) is 24.5 Å². The number of carbonyl (C=O) groups is 1. The summed E-state index contributed by atoms with van der Waals surface area (Å²) < 4.78 is 0. The van der Waals surface area contributed by atoms with Gasteiger partial charge in [0.25, 0.3) is 0 Å². The molecule has 1 N–H and O–H groups in total. The minimum atomic E-state index is -0.352. The third-order valence-corrected chi connectivity index (χ3v) is 2.85. The molecular formula is C12H16N2O2. The second kappa shape index (κ2) is 5.07. The summed E-state index contributed by atoms with van der Waals surface area (Å²) in [5.74, 6) is 0.0879. The van der Waals surface area contributed by atoms with E-state index >= 15 is 0 Å². The Hall–Kier alpha value is -1.42. The molecule has 1 saturated heterocycles. The van der Waals surface area contributed by atoms with Crippen LogP contribution in [0.4, 0.5) is 0 Å². The van der Waals surface area contributed by atoms with Crippen LogP contribution in [0.3, 0.4) is 0 Å². The Balaban J connectivity index is 1.93. The molecule has 4 nitrogen and oxygen atoms in total. The summed E-state index contributed by atoms with van der Waals surface area (Å²) in [5.41, 5.74) is 0.972. The van der Waals surface area contributed by atoms with Gasteiger partial charge < -0.3 is 10.0 Å². The van der Waals surface area contributed by atoms with E-state index in [2.05, 4.69) is 4.98 Å². The van der Waals surface area contributed by atoms with Crippen LogP contribution >= 0.6 is 0 Å². The van der Waals surface area contributed by atoms with E-state index in [4.69, 9.17) is 0 Å². The van der Waals surface area contributed by atoms with Crippen LogP contribution in [0.1, 0.15) is 18.4 Å². The van der Waals surface area contributed by atoms with Crippen LogP contribution in [-0.2, 0) is 11.2 Å². The first kappa shape index (κ1) is 11.1. The monoisotopic (exact) mass is 220 g/mol. The topological polar surface area (TPSA) is 53.4 Å². The third kappa shape index (κ3) is 2.79. The molecule has 4 heteroatoms. The summed E-state index contributed by atoms with van der Waals surface area (Å²) in [4.78, 5) is 17.6. The van der Waals surface area contributed by atoms with Gasteiger partial charge >= 0.3 is 0 Å². The SMILES string of the molecule is O=C(Cc1ccncc1)N1CCCC(O)C1. The Morgan fingerprint density at radius 3 is 2.94 bits per heavy atom. The van der Waals surface area contributed by atoms with Crippen molar-refractivity contribution in [1.29, 1.82) is 0 Å². The van der Waals surface area contributed by atoms with Crippen LogP contribution in [0.25, 0.3) is 0 Å². The zero-order valence-electron chi connectivity index (χ0n) is 9.17. The van der Waals surface area contributed by atoms with Gasteiger partial charge in [0.05, 0.1) is 12.5 Å². The molecule has 1 unspecified atom stereocenters. The van der Waals surface area contributed by atoms with Crippen molar-refractivity contribution in [3.63, 3.8) is 0 Å². The number of hydrogen-bond donors (Lipinski definition) is 1. The number of piperidine rings is 1. The van der Waals surface area contributed by atoms with Crippen LogP contribution in [0, 0.1) is 0 Å². The lowest BCUT2D eigenvalue weighted by molar-refractivity contribution is -0.133. The summed E-state index contributed by atoms with van der Waals surface area (Å²) in [6.45, 7) is 1.24. The number of rotatable bonds is 2. The third-order valence-electron chi connectivity index (χ3n) is 2.85. The smallest absolute Gasteiger partial charge is 0.227 e. The van der Waals surface area contributed by atoms with Crippen molar-refractivity contribution in [3.8, 4) is 0 Å². The van der Waals surface area contributed by atoms with Crippen molar-refractivity contribution in [3.05, 3.63) is 30.1 Å². The van der Waals surface area contributed by atoms with Gasteiger partial charge in [0.2, 0.25) is 5.91 Å². The number of aliphatic hydroxyl groups excluding tert-OH is 1. The van der Waals surface area contributed by atoms with Gasteiger partial charge in [-0.2, -0.15) is 0 Å². The molecule has 0 radical (unpaired) electrons. The summed E-state index contributed by atoms with van der Waals surface area (Å²) in [5, 5.41) is 9.49. The second-order valence-corrected chi connectivity index (χ2v) is 4.17. The number of carbonyl (C=O) groups excluding carboxylic acids is 1. The normalized spacial score (nSPS) is 20.8. The molecule has 1 aliphatic rings. The molecule has 1 aromatic rings. The van der Waals surface area contributed by atoms with Gasteiger partial charge in [-0.3, -0.25) is 9.78 Å². The molecule has 1 aliphatic heterocycles. The maximum absolute atomic E-state index is 11.9. The van der Waals surface area contributed by atoms with E-state index in [-0.39, 0.29) is 12.0 Å². The first-order chi connectivity index (χ1) is 7.75. The Bertz CT molecular complexity index is 353. The largest absolute Gasteiger partial charge is 0.391 e. The van der Waals surface area contributed by atoms with Gasteiger partial charge in [-0.1, -0.05) is 0 Å². The van der Waals surface area contributed by atoms with Crippen LogP contribution in [0.2, 0.25) is 0 Å². The number of pyridine rings is 1. The molecule has 1 fully saturated rings. The van der Waals surface area contributed by atoms with E-state index in [1.165, 1.54) is 0 Å². The average molecular weight is 220 g/mol. The molecule has 0 aliphatic carbocycles. The molecule has 1 atom stereocenters. The molecule has 2 rings (SSSR count). The van der Waals surface area contributed by atoms with Gasteiger partial charge in [0.15, 0.2) is 0 Å². The highest BCUT2D eigenvalue weighted by Crippen LogP contribution is 2.11. The predicted octanol–water partition coefficient (Wildman–Crippen LogP) is 0.607. The highest BCUT2D eigenvalue weighted by atomic mass is 16.3. The lowest BCUT2D eigenvalue weighted by Gasteiger charge is -2.30. The number of likely N-dealkylation sites (tertiary alicyclic amines) is 1. The van der Waals surface area contributed by atoms with Crippen LogP contribution < -0.4 is 0 Å². The maximum Gasteiger partial charge on any atom is 0.227 e. The van der Waals surface area contributed by atoms with E-state index in [1.807, 2.05) is 12.1 Å².